The summed E-state index contributed by atoms with van der Waals surface area (Å²) in [4.78, 5) is 17.8. The number of hydrogen-bond donors (Lipinski definition) is 2. The van der Waals surface area contributed by atoms with Gasteiger partial charge in [0.25, 0.3) is 0 Å². The van der Waals surface area contributed by atoms with Gasteiger partial charge in [-0.2, -0.15) is 0 Å². The zero-order valence-electron chi connectivity index (χ0n) is 19.0. The van der Waals surface area contributed by atoms with Crippen LogP contribution in [0.25, 0.3) is 0 Å². The molecule has 166 valence electrons. The zero-order valence-corrected chi connectivity index (χ0v) is 19.0. The molecule has 2 heterocycles. The molecule has 3 aliphatic rings. The Morgan fingerprint density at radius 2 is 1.80 bits per heavy atom. The van der Waals surface area contributed by atoms with Crippen LogP contribution >= 0.6 is 0 Å². The predicted molar refractivity (Wildman–Crippen MR) is 120 cm³/mol. The molecule has 3 fully saturated rings. The Labute approximate surface area is 181 Å². The minimum absolute atomic E-state index is 0.137. The molecule has 2 aliphatic heterocycles. The Hall–Kier alpha value is -1.43. The molecule has 0 aromatic heterocycles. The van der Waals surface area contributed by atoms with E-state index >= 15 is 0 Å². The Morgan fingerprint density at radius 1 is 1.10 bits per heavy atom. The van der Waals surface area contributed by atoms with Crippen molar-refractivity contribution in [2.75, 3.05) is 26.3 Å². The van der Waals surface area contributed by atoms with Gasteiger partial charge >= 0.3 is 0 Å². The first-order valence-corrected chi connectivity index (χ1v) is 11.8. The third-order valence-electron chi connectivity index (χ3n) is 7.77. The van der Waals surface area contributed by atoms with Crippen molar-refractivity contribution in [2.24, 2.45) is 5.41 Å². The van der Waals surface area contributed by atoms with Crippen LogP contribution in [0.5, 0.6) is 0 Å². The molecule has 1 aromatic carbocycles. The van der Waals surface area contributed by atoms with E-state index in [1.54, 1.807) is 0 Å². The van der Waals surface area contributed by atoms with Gasteiger partial charge in [0.2, 0.25) is 5.91 Å². The highest BCUT2D eigenvalue weighted by Crippen LogP contribution is 2.43. The van der Waals surface area contributed by atoms with Gasteiger partial charge in [0.15, 0.2) is 0 Å². The topological polar surface area (TPSA) is 55.8 Å². The maximum absolute atomic E-state index is 12.9. The van der Waals surface area contributed by atoms with Crippen molar-refractivity contribution in [1.82, 2.24) is 15.1 Å². The summed E-state index contributed by atoms with van der Waals surface area (Å²) in [6.07, 6.45) is 6.88. The number of carbonyl (C=O) groups excluding carboxylic acids is 1. The SMILES string of the molecule is CC(C)(C)CCN1CNC(=O)C12CCN([C@@H]1CCCC[C@]1(O)c1ccccc1)CC2. The molecule has 30 heavy (non-hydrogen) atoms. The maximum Gasteiger partial charge on any atom is 0.241 e. The number of carbonyl (C=O) groups is 1. The third kappa shape index (κ3) is 4.04. The zero-order chi connectivity index (χ0) is 21.4. The number of likely N-dealkylation sites (tertiary alicyclic amines) is 1. The van der Waals surface area contributed by atoms with Gasteiger partial charge in [-0.05, 0) is 43.1 Å². The van der Waals surface area contributed by atoms with Crippen LogP contribution in [0.1, 0.15) is 71.3 Å². The number of amides is 1. The molecule has 4 rings (SSSR count). The van der Waals surface area contributed by atoms with E-state index < -0.39 is 5.60 Å². The first kappa shape index (κ1) is 21.8. The summed E-state index contributed by atoms with van der Waals surface area (Å²) >= 11 is 0. The van der Waals surface area contributed by atoms with Gasteiger partial charge in [-0.15, -0.1) is 0 Å². The molecule has 1 amide bonds. The molecule has 0 radical (unpaired) electrons. The molecule has 5 nitrogen and oxygen atoms in total. The van der Waals surface area contributed by atoms with Crippen LogP contribution in [-0.2, 0) is 10.4 Å². The Bertz CT molecular complexity index is 737. The van der Waals surface area contributed by atoms with Crippen LogP contribution in [0.4, 0.5) is 0 Å². The number of nitrogens with one attached hydrogen (secondary N) is 1. The summed E-state index contributed by atoms with van der Waals surface area (Å²) in [6, 6.07) is 10.4. The number of hydrogen-bond acceptors (Lipinski definition) is 4. The number of nitrogens with zero attached hydrogens (tertiary/aromatic N) is 2. The lowest BCUT2D eigenvalue weighted by atomic mass is 9.73. The van der Waals surface area contributed by atoms with Crippen molar-refractivity contribution < 1.29 is 9.90 Å². The predicted octanol–water partition coefficient (Wildman–Crippen LogP) is 3.48. The fourth-order valence-corrected chi connectivity index (χ4v) is 5.82. The van der Waals surface area contributed by atoms with Crippen molar-refractivity contribution in [1.29, 1.82) is 0 Å². The van der Waals surface area contributed by atoms with Crippen molar-refractivity contribution in [3.05, 3.63) is 35.9 Å². The van der Waals surface area contributed by atoms with E-state index in [0.29, 0.717) is 6.67 Å². The van der Waals surface area contributed by atoms with Gasteiger partial charge in [0, 0.05) is 25.7 Å². The standard InChI is InChI=1S/C25H39N3O2/c1-23(2,3)13-18-28-19-26-22(29)24(28)14-16-27(17-15-24)21-11-7-8-12-25(21,30)20-9-5-4-6-10-20/h4-6,9-10,21,30H,7-8,11-19H2,1-3H3,(H,26,29)/t21-,25+/m1/s1. The monoisotopic (exact) mass is 413 g/mol. The molecule has 1 saturated carbocycles. The molecular weight excluding hydrogens is 374 g/mol. The average molecular weight is 414 g/mol. The van der Waals surface area contributed by atoms with Crippen LogP contribution in [-0.4, -0.2) is 58.7 Å². The van der Waals surface area contributed by atoms with Crippen LogP contribution in [0.3, 0.4) is 0 Å². The molecule has 0 bridgehead atoms. The molecule has 2 N–H and O–H groups in total. The van der Waals surface area contributed by atoms with Gasteiger partial charge in [-0.25, -0.2) is 0 Å². The fraction of sp³-hybridized carbons (Fsp3) is 0.720. The van der Waals surface area contributed by atoms with Gasteiger partial charge in [0.05, 0.1) is 6.67 Å². The van der Waals surface area contributed by atoms with E-state index in [1.165, 1.54) is 6.42 Å². The molecule has 2 saturated heterocycles. The number of benzene rings is 1. The Morgan fingerprint density at radius 3 is 2.47 bits per heavy atom. The summed E-state index contributed by atoms with van der Waals surface area (Å²) < 4.78 is 0. The van der Waals surface area contributed by atoms with Crippen LogP contribution in [0.2, 0.25) is 0 Å². The fourth-order valence-electron chi connectivity index (χ4n) is 5.82. The normalized spacial score (nSPS) is 30.5. The summed E-state index contributed by atoms with van der Waals surface area (Å²) in [5.41, 5.74) is 0.164. The average Bonchev–Trinajstić information content (AvgIpc) is 3.03. The first-order valence-electron chi connectivity index (χ1n) is 11.8. The van der Waals surface area contributed by atoms with Crippen molar-refractivity contribution in [3.8, 4) is 0 Å². The molecular formula is C25H39N3O2. The summed E-state index contributed by atoms with van der Waals surface area (Å²) in [7, 11) is 0. The minimum atomic E-state index is -0.784. The van der Waals surface area contributed by atoms with E-state index in [2.05, 4.69) is 48.0 Å². The lowest BCUT2D eigenvalue weighted by Crippen LogP contribution is -2.61. The Kier molecular flexibility index (Phi) is 5.99. The second kappa shape index (κ2) is 8.25. The number of piperidine rings is 1. The molecule has 1 aliphatic carbocycles. The first-order chi connectivity index (χ1) is 14.2. The lowest BCUT2D eigenvalue weighted by Gasteiger charge is -2.51. The quantitative estimate of drug-likeness (QED) is 0.794. The largest absolute Gasteiger partial charge is 0.384 e. The molecule has 1 aromatic rings. The maximum atomic E-state index is 12.9. The summed E-state index contributed by atoms with van der Waals surface area (Å²) in [5.74, 6) is 0.207. The van der Waals surface area contributed by atoms with Gasteiger partial charge in [0.1, 0.15) is 11.1 Å². The molecule has 5 heteroatoms. The minimum Gasteiger partial charge on any atom is -0.384 e. The van der Waals surface area contributed by atoms with Crippen molar-refractivity contribution >= 4 is 5.91 Å². The van der Waals surface area contributed by atoms with E-state index in [4.69, 9.17) is 0 Å². The summed E-state index contributed by atoms with van der Waals surface area (Å²) in [6.45, 7) is 10.2. The third-order valence-corrected chi connectivity index (χ3v) is 7.77. The van der Waals surface area contributed by atoms with E-state index in [-0.39, 0.29) is 22.9 Å². The lowest BCUT2D eigenvalue weighted by molar-refractivity contribution is -0.132. The second-order valence-electron chi connectivity index (χ2n) is 10.9. The van der Waals surface area contributed by atoms with Gasteiger partial charge in [-0.3, -0.25) is 14.6 Å². The Balaban J connectivity index is 1.48. The number of aliphatic hydroxyl groups is 1. The van der Waals surface area contributed by atoms with Crippen molar-refractivity contribution in [2.45, 2.75) is 82.9 Å². The van der Waals surface area contributed by atoms with Crippen LogP contribution in [0, 0.1) is 5.41 Å². The molecule has 2 atom stereocenters. The van der Waals surface area contributed by atoms with Crippen LogP contribution in [0.15, 0.2) is 30.3 Å². The highest BCUT2D eigenvalue weighted by molar-refractivity contribution is 5.88. The highest BCUT2D eigenvalue weighted by atomic mass is 16.3. The smallest absolute Gasteiger partial charge is 0.241 e. The van der Waals surface area contributed by atoms with E-state index in [9.17, 15) is 9.90 Å². The molecule has 1 spiro atoms. The van der Waals surface area contributed by atoms with Gasteiger partial charge < -0.3 is 10.4 Å². The second-order valence-corrected chi connectivity index (χ2v) is 10.9. The highest BCUT2D eigenvalue weighted by Gasteiger charge is 2.52. The molecule has 0 unspecified atom stereocenters. The summed E-state index contributed by atoms with van der Waals surface area (Å²) in [5, 5.41) is 14.9. The van der Waals surface area contributed by atoms with Gasteiger partial charge in [-0.1, -0.05) is 63.9 Å². The van der Waals surface area contributed by atoms with Crippen molar-refractivity contribution in [3.63, 3.8) is 0 Å². The van der Waals surface area contributed by atoms with E-state index in [1.807, 2.05) is 18.2 Å². The van der Waals surface area contributed by atoms with Crippen LogP contribution < -0.4 is 5.32 Å². The number of rotatable bonds is 4. The van der Waals surface area contributed by atoms with E-state index in [0.717, 1.165) is 63.7 Å².